The SMILES string of the molecule is N#Cc1cccc(NC(=O)N2CCN(c3ccc(C(F)(F)F)cc3)CC2)c1. The number of carbonyl (C=O) groups is 1. The molecule has 0 unspecified atom stereocenters. The van der Waals surface area contributed by atoms with Crippen LogP contribution >= 0.6 is 0 Å². The van der Waals surface area contributed by atoms with Crippen molar-refractivity contribution >= 4 is 17.4 Å². The molecule has 1 N–H and O–H groups in total. The molecule has 5 nitrogen and oxygen atoms in total. The van der Waals surface area contributed by atoms with Crippen molar-refractivity contribution in [2.24, 2.45) is 0 Å². The lowest BCUT2D eigenvalue weighted by atomic mass is 10.1. The second kappa shape index (κ2) is 7.58. The average Bonchev–Trinajstić information content (AvgIpc) is 2.67. The van der Waals surface area contributed by atoms with Gasteiger partial charge in [-0.1, -0.05) is 6.07 Å². The first kappa shape index (κ1) is 18.6. The van der Waals surface area contributed by atoms with E-state index in [-0.39, 0.29) is 6.03 Å². The summed E-state index contributed by atoms with van der Waals surface area (Å²) in [6, 6.07) is 13.4. The van der Waals surface area contributed by atoms with Crippen LogP contribution in [-0.4, -0.2) is 37.1 Å². The van der Waals surface area contributed by atoms with Gasteiger partial charge in [0.05, 0.1) is 17.2 Å². The molecule has 2 amide bonds. The van der Waals surface area contributed by atoms with E-state index in [0.717, 1.165) is 12.1 Å². The molecule has 0 aliphatic carbocycles. The van der Waals surface area contributed by atoms with E-state index in [1.54, 1.807) is 29.2 Å². The van der Waals surface area contributed by atoms with E-state index in [4.69, 9.17) is 5.26 Å². The van der Waals surface area contributed by atoms with Crippen LogP contribution in [0.5, 0.6) is 0 Å². The van der Waals surface area contributed by atoms with Gasteiger partial charge in [-0.2, -0.15) is 18.4 Å². The lowest BCUT2D eigenvalue weighted by Crippen LogP contribution is -2.50. The number of amides is 2. The Bertz CT molecular complexity index is 850. The number of hydrogen-bond acceptors (Lipinski definition) is 3. The summed E-state index contributed by atoms with van der Waals surface area (Å²) >= 11 is 0. The number of nitriles is 1. The molecule has 1 heterocycles. The smallest absolute Gasteiger partial charge is 0.368 e. The van der Waals surface area contributed by atoms with Crippen LogP contribution in [0, 0.1) is 11.3 Å². The van der Waals surface area contributed by atoms with Crippen LogP contribution in [0.2, 0.25) is 0 Å². The quantitative estimate of drug-likeness (QED) is 0.867. The van der Waals surface area contributed by atoms with Crippen LogP contribution in [0.3, 0.4) is 0 Å². The molecule has 1 fully saturated rings. The number of benzene rings is 2. The fourth-order valence-electron chi connectivity index (χ4n) is 2.90. The minimum absolute atomic E-state index is 0.267. The molecule has 8 heteroatoms. The monoisotopic (exact) mass is 374 g/mol. The summed E-state index contributed by atoms with van der Waals surface area (Å²) in [5, 5.41) is 11.7. The van der Waals surface area contributed by atoms with Crippen LogP contribution in [0.25, 0.3) is 0 Å². The van der Waals surface area contributed by atoms with E-state index in [2.05, 4.69) is 5.32 Å². The number of carbonyl (C=O) groups excluding carboxylic acids is 1. The lowest BCUT2D eigenvalue weighted by molar-refractivity contribution is -0.137. The maximum Gasteiger partial charge on any atom is 0.416 e. The zero-order chi connectivity index (χ0) is 19.4. The Kier molecular flexibility index (Phi) is 5.21. The highest BCUT2D eigenvalue weighted by Gasteiger charge is 2.30. The van der Waals surface area contributed by atoms with Crippen molar-refractivity contribution in [1.82, 2.24) is 4.90 Å². The maximum absolute atomic E-state index is 12.6. The number of anilines is 2. The molecule has 0 aromatic heterocycles. The van der Waals surface area contributed by atoms with E-state index in [1.807, 2.05) is 11.0 Å². The summed E-state index contributed by atoms with van der Waals surface area (Å²) in [5.41, 5.74) is 1.03. The molecule has 140 valence electrons. The van der Waals surface area contributed by atoms with Crippen LogP contribution in [-0.2, 0) is 6.18 Å². The van der Waals surface area contributed by atoms with Crippen molar-refractivity contribution in [3.63, 3.8) is 0 Å². The van der Waals surface area contributed by atoms with Gasteiger partial charge in [0.2, 0.25) is 0 Å². The number of rotatable bonds is 2. The molecule has 0 bridgehead atoms. The average molecular weight is 374 g/mol. The highest BCUT2D eigenvalue weighted by Crippen LogP contribution is 2.30. The number of hydrogen-bond donors (Lipinski definition) is 1. The number of alkyl halides is 3. The van der Waals surface area contributed by atoms with E-state index in [9.17, 15) is 18.0 Å². The number of urea groups is 1. The first-order valence-electron chi connectivity index (χ1n) is 8.35. The van der Waals surface area contributed by atoms with Crippen LogP contribution in [0.1, 0.15) is 11.1 Å². The standard InChI is InChI=1S/C19H17F3N4O/c20-19(21,22)15-4-6-17(7-5-15)25-8-10-26(11-9-25)18(27)24-16-3-1-2-14(12-16)13-23/h1-7,12H,8-11H2,(H,24,27). The van der Waals surface area contributed by atoms with Crippen LogP contribution < -0.4 is 10.2 Å². The van der Waals surface area contributed by atoms with Gasteiger partial charge in [0.25, 0.3) is 0 Å². The van der Waals surface area contributed by atoms with Gasteiger partial charge in [-0.3, -0.25) is 0 Å². The Balaban J connectivity index is 1.56. The molecule has 2 aromatic carbocycles. The highest BCUT2D eigenvalue weighted by molar-refractivity contribution is 5.89. The van der Waals surface area contributed by atoms with Crippen molar-refractivity contribution in [2.75, 3.05) is 36.4 Å². The molecule has 1 aliphatic heterocycles. The molecule has 0 radical (unpaired) electrons. The van der Waals surface area contributed by atoms with Crippen molar-refractivity contribution in [3.05, 3.63) is 59.7 Å². The van der Waals surface area contributed by atoms with Crippen LogP contribution in [0.15, 0.2) is 48.5 Å². The Morgan fingerprint density at radius 2 is 1.70 bits per heavy atom. The molecule has 27 heavy (non-hydrogen) atoms. The largest absolute Gasteiger partial charge is 0.416 e. The van der Waals surface area contributed by atoms with Crippen molar-refractivity contribution in [3.8, 4) is 6.07 Å². The molecule has 2 aromatic rings. The third-order valence-electron chi connectivity index (χ3n) is 4.37. The van der Waals surface area contributed by atoms with Crippen molar-refractivity contribution < 1.29 is 18.0 Å². The van der Waals surface area contributed by atoms with Crippen molar-refractivity contribution in [1.29, 1.82) is 5.26 Å². The Labute approximate surface area is 154 Å². The van der Waals surface area contributed by atoms with Crippen LogP contribution in [0.4, 0.5) is 29.3 Å². The molecular weight excluding hydrogens is 357 g/mol. The van der Waals surface area contributed by atoms with Gasteiger partial charge in [-0.25, -0.2) is 4.79 Å². The fourth-order valence-corrected chi connectivity index (χ4v) is 2.90. The molecular formula is C19H17F3N4O. The van der Waals surface area contributed by atoms with Gasteiger partial charge in [-0.05, 0) is 42.5 Å². The minimum Gasteiger partial charge on any atom is -0.368 e. The summed E-state index contributed by atoms with van der Waals surface area (Å²) < 4.78 is 37.9. The molecule has 0 saturated carbocycles. The summed E-state index contributed by atoms with van der Waals surface area (Å²) in [6.45, 7) is 1.95. The molecule has 1 aliphatic rings. The first-order chi connectivity index (χ1) is 12.9. The molecule has 1 saturated heterocycles. The summed E-state index contributed by atoms with van der Waals surface area (Å²) in [6.07, 6.45) is -4.35. The van der Waals surface area contributed by atoms with Gasteiger partial charge < -0.3 is 15.1 Å². The number of nitrogens with zero attached hydrogens (tertiary/aromatic N) is 3. The van der Waals surface area contributed by atoms with Gasteiger partial charge >= 0.3 is 12.2 Å². The number of halogens is 3. The van der Waals surface area contributed by atoms with E-state index in [0.29, 0.717) is 43.1 Å². The Hall–Kier alpha value is -3.21. The normalized spacial score (nSPS) is 14.6. The summed E-state index contributed by atoms with van der Waals surface area (Å²) in [5.74, 6) is 0. The maximum atomic E-state index is 12.6. The van der Waals surface area contributed by atoms with E-state index >= 15 is 0 Å². The topological polar surface area (TPSA) is 59.4 Å². The fraction of sp³-hybridized carbons (Fsp3) is 0.263. The minimum atomic E-state index is -4.35. The summed E-state index contributed by atoms with van der Waals surface area (Å²) in [4.78, 5) is 15.9. The summed E-state index contributed by atoms with van der Waals surface area (Å²) in [7, 11) is 0. The second-order valence-corrected chi connectivity index (χ2v) is 6.14. The van der Waals surface area contributed by atoms with E-state index < -0.39 is 11.7 Å². The first-order valence-corrected chi connectivity index (χ1v) is 8.35. The van der Waals surface area contributed by atoms with E-state index in [1.165, 1.54) is 12.1 Å². The lowest BCUT2D eigenvalue weighted by Gasteiger charge is -2.36. The zero-order valence-corrected chi connectivity index (χ0v) is 14.3. The highest BCUT2D eigenvalue weighted by atomic mass is 19.4. The van der Waals surface area contributed by atoms with Crippen molar-refractivity contribution in [2.45, 2.75) is 6.18 Å². The molecule has 3 rings (SSSR count). The third-order valence-corrected chi connectivity index (χ3v) is 4.37. The second-order valence-electron chi connectivity index (χ2n) is 6.14. The Morgan fingerprint density at radius 1 is 1.04 bits per heavy atom. The third kappa shape index (κ3) is 4.50. The predicted octanol–water partition coefficient (Wildman–Crippen LogP) is 3.93. The Morgan fingerprint density at radius 3 is 2.30 bits per heavy atom. The zero-order valence-electron chi connectivity index (χ0n) is 14.3. The molecule has 0 spiro atoms. The van der Waals surface area contributed by atoms with Gasteiger partial charge in [0.15, 0.2) is 0 Å². The number of nitrogens with one attached hydrogen (secondary N) is 1. The van der Waals surface area contributed by atoms with Gasteiger partial charge in [0, 0.05) is 37.6 Å². The number of piperazine rings is 1. The molecule has 0 atom stereocenters. The predicted molar refractivity (Wildman–Crippen MR) is 95.4 cm³/mol. The van der Waals surface area contributed by atoms with Gasteiger partial charge in [0.1, 0.15) is 0 Å². The van der Waals surface area contributed by atoms with Gasteiger partial charge in [-0.15, -0.1) is 0 Å².